The maximum absolute atomic E-state index is 11.5. The van der Waals surface area contributed by atoms with Gasteiger partial charge in [-0.25, -0.2) is 0 Å². The van der Waals surface area contributed by atoms with E-state index in [1.807, 2.05) is 6.07 Å². The van der Waals surface area contributed by atoms with E-state index < -0.39 is 0 Å². The van der Waals surface area contributed by atoms with Gasteiger partial charge < -0.3 is 20.1 Å². The van der Waals surface area contributed by atoms with E-state index in [1.54, 1.807) is 50.6 Å². The van der Waals surface area contributed by atoms with Crippen molar-refractivity contribution in [2.24, 2.45) is 0 Å². The molecule has 0 unspecified atom stereocenters. The number of nitrogens with zero attached hydrogens (tertiary/aromatic N) is 3. The number of hydrogen-bond donors (Lipinski definition) is 2. The fraction of sp³-hybridized carbons (Fsp3) is 0.158. The topological polar surface area (TPSA) is 98.3 Å². The van der Waals surface area contributed by atoms with Gasteiger partial charge in [0.2, 0.25) is 5.95 Å². The number of ketones is 1. The van der Waals surface area contributed by atoms with Crippen LogP contribution < -0.4 is 20.1 Å². The number of rotatable bonds is 7. The molecule has 27 heavy (non-hydrogen) atoms. The first-order chi connectivity index (χ1) is 13.1. The van der Waals surface area contributed by atoms with Gasteiger partial charge in [-0.15, -0.1) is 5.10 Å². The summed E-state index contributed by atoms with van der Waals surface area (Å²) in [6.07, 6.45) is 1.49. The number of anilines is 4. The molecule has 0 fully saturated rings. The van der Waals surface area contributed by atoms with Crippen molar-refractivity contribution in [1.82, 2.24) is 15.2 Å². The zero-order chi connectivity index (χ0) is 19.2. The summed E-state index contributed by atoms with van der Waals surface area (Å²) in [7, 11) is 3.16. The number of nitrogens with one attached hydrogen (secondary N) is 2. The van der Waals surface area contributed by atoms with Gasteiger partial charge >= 0.3 is 0 Å². The summed E-state index contributed by atoms with van der Waals surface area (Å²) < 4.78 is 10.6. The van der Waals surface area contributed by atoms with Gasteiger partial charge in [0.05, 0.1) is 26.1 Å². The molecule has 138 valence electrons. The summed E-state index contributed by atoms with van der Waals surface area (Å²) in [5.74, 6) is 2.05. The lowest BCUT2D eigenvalue weighted by molar-refractivity contribution is 0.101. The third-order valence-electron chi connectivity index (χ3n) is 3.75. The van der Waals surface area contributed by atoms with E-state index in [1.165, 1.54) is 13.1 Å². The molecule has 1 aromatic heterocycles. The molecule has 0 amide bonds. The molecule has 0 saturated carbocycles. The predicted octanol–water partition coefficient (Wildman–Crippen LogP) is 3.58. The Morgan fingerprint density at radius 1 is 1.04 bits per heavy atom. The van der Waals surface area contributed by atoms with Gasteiger partial charge in [0, 0.05) is 17.3 Å². The zero-order valence-corrected chi connectivity index (χ0v) is 15.2. The van der Waals surface area contributed by atoms with E-state index in [2.05, 4.69) is 25.8 Å². The second-order valence-electron chi connectivity index (χ2n) is 5.62. The Balaban J connectivity index is 1.82. The molecule has 2 aromatic carbocycles. The summed E-state index contributed by atoms with van der Waals surface area (Å²) >= 11 is 0. The third-order valence-corrected chi connectivity index (χ3v) is 3.75. The quantitative estimate of drug-likeness (QED) is 0.613. The molecule has 0 bridgehead atoms. The van der Waals surface area contributed by atoms with E-state index in [0.29, 0.717) is 28.6 Å². The molecule has 3 aromatic rings. The molecule has 0 spiro atoms. The van der Waals surface area contributed by atoms with E-state index in [-0.39, 0.29) is 11.7 Å². The van der Waals surface area contributed by atoms with Crippen molar-refractivity contribution in [3.63, 3.8) is 0 Å². The highest BCUT2D eigenvalue weighted by Gasteiger charge is 2.09. The molecule has 2 N–H and O–H groups in total. The van der Waals surface area contributed by atoms with Gasteiger partial charge in [-0.05, 0) is 31.2 Å². The van der Waals surface area contributed by atoms with Crippen LogP contribution in [0.3, 0.4) is 0 Å². The second kappa shape index (κ2) is 8.13. The van der Waals surface area contributed by atoms with E-state index in [0.717, 1.165) is 5.69 Å². The average Bonchev–Trinajstić information content (AvgIpc) is 2.68. The van der Waals surface area contributed by atoms with Crippen molar-refractivity contribution in [3.05, 3.63) is 54.2 Å². The first kappa shape index (κ1) is 18.1. The monoisotopic (exact) mass is 365 g/mol. The smallest absolute Gasteiger partial charge is 0.249 e. The molecule has 3 rings (SSSR count). The maximum atomic E-state index is 11.5. The zero-order valence-electron chi connectivity index (χ0n) is 15.2. The highest BCUT2D eigenvalue weighted by atomic mass is 16.5. The van der Waals surface area contributed by atoms with Gasteiger partial charge in [0.15, 0.2) is 11.6 Å². The van der Waals surface area contributed by atoms with Crippen LogP contribution in [0, 0.1) is 0 Å². The Bertz CT molecular complexity index is 962. The number of aromatic nitrogens is 3. The number of benzene rings is 2. The van der Waals surface area contributed by atoms with Crippen LogP contribution in [0.1, 0.15) is 17.3 Å². The fourth-order valence-electron chi connectivity index (χ4n) is 2.41. The minimum Gasteiger partial charge on any atom is -0.497 e. The largest absolute Gasteiger partial charge is 0.497 e. The van der Waals surface area contributed by atoms with E-state index >= 15 is 0 Å². The first-order valence-electron chi connectivity index (χ1n) is 8.16. The van der Waals surface area contributed by atoms with Crippen LogP contribution in [0.2, 0.25) is 0 Å². The van der Waals surface area contributed by atoms with Crippen molar-refractivity contribution >= 4 is 28.9 Å². The second-order valence-corrected chi connectivity index (χ2v) is 5.62. The van der Waals surface area contributed by atoms with Crippen LogP contribution in [0.4, 0.5) is 23.1 Å². The van der Waals surface area contributed by atoms with Crippen LogP contribution in [-0.4, -0.2) is 35.2 Å². The Kier molecular flexibility index (Phi) is 5.46. The lowest BCUT2D eigenvalue weighted by atomic mass is 10.1. The SMILES string of the molecule is COc1ccc(OC)c(Nc2nncc(Nc3cccc(C(C)=O)c3)n2)c1. The number of hydrogen-bond acceptors (Lipinski definition) is 8. The number of ether oxygens (including phenoxy) is 2. The van der Waals surface area contributed by atoms with Crippen molar-refractivity contribution in [1.29, 1.82) is 0 Å². The normalized spacial score (nSPS) is 10.2. The molecule has 0 aliphatic carbocycles. The summed E-state index contributed by atoms with van der Waals surface area (Å²) in [6, 6.07) is 12.5. The predicted molar refractivity (Wildman–Crippen MR) is 102 cm³/mol. The van der Waals surface area contributed by atoms with Crippen LogP contribution in [-0.2, 0) is 0 Å². The van der Waals surface area contributed by atoms with Crippen LogP contribution in [0.15, 0.2) is 48.7 Å². The number of methoxy groups -OCH3 is 2. The Morgan fingerprint density at radius 3 is 2.63 bits per heavy atom. The third kappa shape index (κ3) is 4.49. The highest BCUT2D eigenvalue weighted by Crippen LogP contribution is 2.30. The molecule has 0 aliphatic rings. The van der Waals surface area contributed by atoms with Gasteiger partial charge in [-0.1, -0.05) is 12.1 Å². The Labute approximate surface area is 156 Å². The molecule has 0 atom stereocenters. The number of carbonyl (C=O) groups is 1. The standard InChI is InChI=1S/C19H19N5O3/c1-12(25)13-5-4-6-14(9-13)21-18-11-20-24-19(23-18)22-16-10-15(26-2)7-8-17(16)27-3/h4-11H,1-3H3,(H2,21,22,23,24). The van der Waals surface area contributed by atoms with Crippen LogP contribution >= 0.6 is 0 Å². The van der Waals surface area contributed by atoms with Gasteiger partial charge in [-0.2, -0.15) is 10.1 Å². The molecule has 8 nitrogen and oxygen atoms in total. The molecule has 8 heteroatoms. The summed E-state index contributed by atoms with van der Waals surface area (Å²) in [5.41, 5.74) is 1.99. The molecule has 0 aliphatic heterocycles. The summed E-state index contributed by atoms with van der Waals surface area (Å²) in [4.78, 5) is 15.9. The van der Waals surface area contributed by atoms with Crippen molar-refractivity contribution < 1.29 is 14.3 Å². The molecule has 0 radical (unpaired) electrons. The highest BCUT2D eigenvalue weighted by molar-refractivity contribution is 5.95. The molecular weight excluding hydrogens is 346 g/mol. The average molecular weight is 365 g/mol. The summed E-state index contributed by atoms with van der Waals surface area (Å²) in [5, 5.41) is 14.1. The van der Waals surface area contributed by atoms with Crippen molar-refractivity contribution in [2.75, 3.05) is 24.9 Å². The molecule has 0 saturated heterocycles. The van der Waals surface area contributed by atoms with E-state index in [9.17, 15) is 4.79 Å². The van der Waals surface area contributed by atoms with Gasteiger partial charge in [0.1, 0.15) is 11.5 Å². The maximum Gasteiger partial charge on any atom is 0.249 e. The van der Waals surface area contributed by atoms with Crippen LogP contribution in [0.5, 0.6) is 11.5 Å². The van der Waals surface area contributed by atoms with Gasteiger partial charge in [0.25, 0.3) is 0 Å². The van der Waals surface area contributed by atoms with Crippen molar-refractivity contribution in [2.45, 2.75) is 6.92 Å². The number of Topliss-reactive ketones (excluding diaryl/α,β-unsaturated/α-hetero) is 1. The lowest BCUT2D eigenvalue weighted by Gasteiger charge is -2.12. The molecule has 1 heterocycles. The van der Waals surface area contributed by atoms with Gasteiger partial charge in [-0.3, -0.25) is 4.79 Å². The van der Waals surface area contributed by atoms with Crippen LogP contribution in [0.25, 0.3) is 0 Å². The lowest BCUT2D eigenvalue weighted by Crippen LogP contribution is -2.04. The summed E-state index contributed by atoms with van der Waals surface area (Å²) in [6.45, 7) is 1.52. The minimum atomic E-state index is -0.00746. The Morgan fingerprint density at radius 2 is 1.89 bits per heavy atom. The first-order valence-corrected chi connectivity index (χ1v) is 8.16. The minimum absolute atomic E-state index is 0.00746. The fourth-order valence-corrected chi connectivity index (χ4v) is 2.41. The molecular formula is C19H19N5O3. The number of carbonyl (C=O) groups excluding carboxylic acids is 1. The van der Waals surface area contributed by atoms with Crippen molar-refractivity contribution in [3.8, 4) is 11.5 Å². The van der Waals surface area contributed by atoms with E-state index in [4.69, 9.17) is 9.47 Å². The Hall–Kier alpha value is -3.68.